The summed E-state index contributed by atoms with van der Waals surface area (Å²) in [6.45, 7) is 0. The van der Waals surface area contributed by atoms with E-state index < -0.39 is 0 Å². The van der Waals surface area contributed by atoms with Gasteiger partial charge in [-0.3, -0.25) is 4.98 Å². The molecule has 1 heteroatoms. The number of fused-ring (bicyclic) bond motifs is 1. The van der Waals surface area contributed by atoms with Crippen LogP contribution in [-0.2, 0) is 0 Å². The van der Waals surface area contributed by atoms with E-state index in [1.807, 2.05) is 6.20 Å². The van der Waals surface area contributed by atoms with Gasteiger partial charge in [-0.05, 0) is 0 Å². The van der Waals surface area contributed by atoms with Crippen LogP contribution in [0.5, 0.6) is 0 Å². The maximum Gasteiger partial charge on any atom is 0.0794 e. The number of aromatic nitrogens is 1. The van der Waals surface area contributed by atoms with Crippen molar-refractivity contribution in [1.29, 1.82) is 0 Å². The van der Waals surface area contributed by atoms with Crippen LogP contribution in [0.3, 0.4) is 0 Å². The molecule has 3 aromatic rings. The van der Waals surface area contributed by atoms with Crippen LogP contribution in [0.25, 0.3) is 21.7 Å². The molecule has 36 valence electrons. The summed E-state index contributed by atoms with van der Waals surface area (Å²) in [6.07, 6.45) is 1.93. The largest absolute Gasteiger partial charge is 0.255 e. The molecule has 0 spiro atoms. The SMILES string of the molecule is c1cc2c3ncc1c23. The second-order valence-electron chi connectivity index (χ2n) is 2.18. The molecular formula is C7H3N. The van der Waals surface area contributed by atoms with Gasteiger partial charge in [-0.25, -0.2) is 0 Å². The Morgan fingerprint density at radius 3 is 2.88 bits per heavy atom. The lowest BCUT2D eigenvalue weighted by Crippen LogP contribution is -1.45. The predicted octanol–water partition coefficient (Wildman–Crippen LogP) is 1.70. The van der Waals surface area contributed by atoms with Crippen LogP contribution >= 0.6 is 0 Å². The summed E-state index contributed by atoms with van der Waals surface area (Å²) in [5.41, 5.74) is 1.24. The quantitative estimate of drug-likeness (QED) is 0.420. The van der Waals surface area contributed by atoms with Gasteiger partial charge < -0.3 is 0 Å². The van der Waals surface area contributed by atoms with Crippen molar-refractivity contribution in [3.63, 3.8) is 0 Å². The van der Waals surface area contributed by atoms with Gasteiger partial charge in [0.25, 0.3) is 0 Å². The molecule has 0 fully saturated rings. The van der Waals surface area contributed by atoms with Crippen LogP contribution in [0, 0.1) is 0 Å². The molecule has 3 rings (SSSR count). The molecule has 0 saturated heterocycles. The van der Waals surface area contributed by atoms with Gasteiger partial charge >= 0.3 is 0 Å². The lowest BCUT2D eigenvalue weighted by Gasteiger charge is -1.60. The molecule has 0 aliphatic carbocycles. The van der Waals surface area contributed by atoms with Crippen molar-refractivity contribution in [3.05, 3.63) is 18.3 Å². The van der Waals surface area contributed by atoms with Gasteiger partial charge in [0.2, 0.25) is 0 Å². The van der Waals surface area contributed by atoms with Crippen LogP contribution < -0.4 is 0 Å². The van der Waals surface area contributed by atoms with E-state index in [0.717, 1.165) is 0 Å². The Balaban J connectivity index is 3.02. The van der Waals surface area contributed by atoms with E-state index in [9.17, 15) is 0 Å². The highest BCUT2D eigenvalue weighted by Crippen LogP contribution is 2.40. The molecule has 0 amide bonds. The highest BCUT2D eigenvalue weighted by atomic mass is 14.7. The Hall–Kier alpha value is -1.11. The molecule has 0 saturated carbocycles. The van der Waals surface area contributed by atoms with E-state index in [1.165, 1.54) is 21.7 Å². The number of pyridine rings is 1. The first kappa shape index (κ1) is 3.02. The molecule has 0 aliphatic rings. The Bertz CT molecular complexity index is 355. The van der Waals surface area contributed by atoms with Gasteiger partial charge in [0.15, 0.2) is 0 Å². The van der Waals surface area contributed by atoms with Crippen LogP contribution in [0.2, 0.25) is 0 Å². The van der Waals surface area contributed by atoms with Crippen molar-refractivity contribution in [1.82, 2.24) is 4.98 Å². The normalized spacial score (nSPS) is 13.0. The minimum atomic E-state index is 1.24. The molecule has 0 bridgehead atoms. The third kappa shape index (κ3) is 0.141. The second-order valence-corrected chi connectivity index (χ2v) is 2.18. The minimum Gasteiger partial charge on any atom is -0.255 e. The minimum absolute atomic E-state index is 1.24. The molecule has 8 heavy (non-hydrogen) atoms. The van der Waals surface area contributed by atoms with E-state index in [2.05, 4.69) is 17.1 Å². The van der Waals surface area contributed by atoms with Gasteiger partial charge in [0.05, 0.1) is 5.52 Å². The summed E-state index contributed by atoms with van der Waals surface area (Å²) in [6, 6.07) is 4.25. The van der Waals surface area contributed by atoms with Gasteiger partial charge in [-0.15, -0.1) is 0 Å². The van der Waals surface area contributed by atoms with Crippen molar-refractivity contribution in [2.24, 2.45) is 0 Å². The number of nitrogens with zero attached hydrogens (tertiary/aromatic N) is 1. The van der Waals surface area contributed by atoms with Crippen LogP contribution in [0.4, 0.5) is 0 Å². The third-order valence-electron chi connectivity index (χ3n) is 1.75. The number of benzene rings is 1. The first-order valence-electron chi connectivity index (χ1n) is 2.68. The van der Waals surface area contributed by atoms with Crippen LogP contribution in [0.15, 0.2) is 18.3 Å². The summed E-state index contributed by atoms with van der Waals surface area (Å²) in [7, 11) is 0. The third-order valence-corrected chi connectivity index (χ3v) is 1.75. The Labute approximate surface area is 46.0 Å². The van der Waals surface area contributed by atoms with Crippen molar-refractivity contribution >= 4 is 21.7 Å². The van der Waals surface area contributed by atoms with Crippen molar-refractivity contribution in [3.8, 4) is 0 Å². The average molecular weight is 101 g/mol. The topological polar surface area (TPSA) is 12.9 Å². The first-order chi connectivity index (χ1) is 3.97. The highest BCUT2D eigenvalue weighted by molar-refractivity contribution is 6.32. The zero-order chi connectivity index (χ0) is 5.14. The first-order valence-corrected chi connectivity index (χ1v) is 2.68. The van der Waals surface area contributed by atoms with Gasteiger partial charge in [0.1, 0.15) is 0 Å². The molecule has 1 nitrogen and oxygen atoms in total. The monoisotopic (exact) mass is 101 g/mol. The molecule has 1 aromatic heterocycles. The Morgan fingerprint density at radius 2 is 2.25 bits per heavy atom. The molecular weight excluding hydrogens is 98.1 g/mol. The van der Waals surface area contributed by atoms with E-state index in [1.54, 1.807) is 0 Å². The molecule has 0 N–H and O–H groups in total. The van der Waals surface area contributed by atoms with Gasteiger partial charge in [0, 0.05) is 22.4 Å². The fraction of sp³-hybridized carbons (Fsp3) is 0. The van der Waals surface area contributed by atoms with Gasteiger partial charge in [-0.1, -0.05) is 12.1 Å². The molecule has 2 aromatic carbocycles. The smallest absolute Gasteiger partial charge is 0.0794 e. The fourth-order valence-electron chi connectivity index (χ4n) is 1.28. The zero-order valence-corrected chi connectivity index (χ0v) is 4.18. The number of hydrogen-bond acceptors (Lipinski definition) is 1. The fourth-order valence-corrected chi connectivity index (χ4v) is 1.28. The molecule has 0 atom stereocenters. The lowest BCUT2D eigenvalue weighted by molar-refractivity contribution is 1.52. The Morgan fingerprint density at radius 1 is 1.25 bits per heavy atom. The summed E-state index contributed by atoms with van der Waals surface area (Å²) in [4.78, 5) is 4.15. The summed E-state index contributed by atoms with van der Waals surface area (Å²) in [5.74, 6) is 0. The maximum atomic E-state index is 4.15. The van der Waals surface area contributed by atoms with E-state index in [0.29, 0.717) is 0 Å². The van der Waals surface area contributed by atoms with Gasteiger partial charge in [-0.2, -0.15) is 0 Å². The lowest BCUT2D eigenvalue weighted by atomic mass is 10.4. The molecule has 0 unspecified atom stereocenters. The Kier molecular flexibility index (Phi) is 0.240. The molecule has 0 aliphatic heterocycles. The standard InChI is InChI=1S/C7H3N/c1-2-5-6-4(1)3-8-7(5)6/h1-3H. The molecule has 0 radical (unpaired) electrons. The van der Waals surface area contributed by atoms with Crippen molar-refractivity contribution < 1.29 is 0 Å². The maximum absolute atomic E-state index is 4.15. The number of rotatable bonds is 0. The van der Waals surface area contributed by atoms with E-state index >= 15 is 0 Å². The van der Waals surface area contributed by atoms with E-state index in [-0.39, 0.29) is 0 Å². The molecule has 1 heterocycles. The zero-order valence-electron chi connectivity index (χ0n) is 4.18. The van der Waals surface area contributed by atoms with Crippen LogP contribution in [0.1, 0.15) is 0 Å². The van der Waals surface area contributed by atoms with Crippen molar-refractivity contribution in [2.75, 3.05) is 0 Å². The van der Waals surface area contributed by atoms with E-state index in [4.69, 9.17) is 0 Å². The summed E-state index contributed by atoms with van der Waals surface area (Å²) in [5, 5.41) is 4.10. The summed E-state index contributed by atoms with van der Waals surface area (Å²) < 4.78 is 0. The number of hydrogen-bond donors (Lipinski definition) is 0. The average Bonchev–Trinajstić information content (AvgIpc) is 2.11. The predicted molar refractivity (Wildman–Crippen MR) is 32.8 cm³/mol. The second kappa shape index (κ2) is 0.635. The summed E-state index contributed by atoms with van der Waals surface area (Å²) >= 11 is 0. The van der Waals surface area contributed by atoms with Crippen molar-refractivity contribution in [2.45, 2.75) is 0 Å². The van der Waals surface area contributed by atoms with Crippen LogP contribution in [-0.4, -0.2) is 4.98 Å². The highest BCUT2D eigenvalue weighted by Gasteiger charge is 2.16.